The molecule has 1 fully saturated rings. The van der Waals surface area contributed by atoms with Gasteiger partial charge in [-0.1, -0.05) is 18.2 Å². The van der Waals surface area contributed by atoms with Gasteiger partial charge >= 0.3 is 6.03 Å². The summed E-state index contributed by atoms with van der Waals surface area (Å²) in [5.74, 6) is -2.13. The van der Waals surface area contributed by atoms with E-state index in [2.05, 4.69) is 27.2 Å². The van der Waals surface area contributed by atoms with Crippen LogP contribution in [0.15, 0.2) is 86.8 Å². The fraction of sp³-hybridized carbons (Fsp3) is 0.200. The van der Waals surface area contributed by atoms with E-state index in [1.54, 1.807) is 25.5 Å². The molecule has 0 spiro atoms. The largest absolute Gasteiger partial charge is 0.497 e. The number of hydrogen-bond donors (Lipinski definition) is 2. The second kappa shape index (κ2) is 12.1. The molecule has 1 aliphatic heterocycles. The molecular weight excluding hydrogens is 488 g/mol. The Morgan fingerprint density at radius 2 is 2.03 bits per heavy atom. The van der Waals surface area contributed by atoms with Gasteiger partial charge in [-0.25, -0.2) is 18.6 Å². The van der Waals surface area contributed by atoms with Crippen molar-refractivity contribution in [2.24, 2.45) is 9.98 Å². The Bertz CT molecular complexity index is 1260. The van der Waals surface area contributed by atoms with Crippen LogP contribution < -0.4 is 10.6 Å². The van der Waals surface area contributed by atoms with Gasteiger partial charge in [-0.15, -0.1) is 11.8 Å². The van der Waals surface area contributed by atoms with Gasteiger partial charge in [0.2, 0.25) is 5.96 Å². The molecule has 1 aliphatic carbocycles. The maximum absolute atomic E-state index is 14.3. The maximum atomic E-state index is 14.3. The van der Waals surface area contributed by atoms with E-state index in [1.165, 1.54) is 24.6 Å². The molecule has 8 nitrogen and oxygen atoms in total. The number of hydrogen-bond acceptors (Lipinski definition) is 6. The summed E-state index contributed by atoms with van der Waals surface area (Å²) in [5.41, 5.74) is 1.64. The predicted octanol–water partition coefficient (Wildman–Crippen LogP) is 4.55. The molecule has 2 N–H and O–H groups in total. The van der Waals surface area contributed by atoms with Gasteiger partial charge in [-0.2, -0.15) is 0 Å². The number of carbonyl (C=O) groups excluding carboxylic acids is 2. The van der Waals surface area contributed by atoms with Crippen molar-refractivity contribution in [3.63, 3.8) is 0 Å². The molecule has 0 radical (unpaired) electrons. The Hall–Kier alpha value is -3.99. The first-order valence-electron chi connectivity index (χ1n) is 10.7. The number of nitrogens with zero attached hydrogens (tertiary/aromatic N) is 3. The zero-order chi connectivity index (χ0) is 26.2. The molecule has 3 rings (SSSR count). The average Bonchev–Trinajstić information content (AvgIpc) is 3.09. The third kappa shape index (κ3) is 6.57. The van der Waals surface area contributed by atoms with Crippen molar-refractivity contribution in [1.82, 2.24) is 15.5 Å². The van der Waals surface area contributed by atoms with E-state index in [0.29, 0.717) is 23.4 Å². The molecule has 188 valence electrons. The molecule has 1 heterocycles. The van der Waals surface area contributed by atoms with Crippen LogP contribution in [0, 0.1) is 11.6 Å². The van der Waals surface area contributed by atoms with Gasteiger partial charge in [-0.05, 0) is 49.1 Å². The van der Waals surface area contributed by atoms with E-state index in [4.69, 9.17) is 4.74 Å². The van der Waals surface area contributed by atoms with E-state index >= 15 is 0 Å². The number of carbonyl (C=O) groups is 2. The van der Waals surface area contributed by atoms with E-state index in [0.717, 1.165) is 28.3 Å². The summed E-state index contributed by atoms with van der Waals surface area (Å²) >= 11 is 1.04. The lowest BCUT2D eigenvalue weighted by Gasteiger charge is -2.22. The first kappa shape index (κ1) is 26.6. The summed E-state index contributed by atoms with van der Waals surface area (Å²) in [6, 6.07) is 1.73. The quantitative estimate of drug-likeness (QED) is 0.318. The van der Waals surface area contributed by atoms with Crippen molar-refractivity contribution in [2.45, 2.75) is 24.8 Å². The molecule has 3 amide bonds. The number of thioether (sulfide) groups is 1. The molecular formula is C25H25F2N5O3S. The molecule has 0 saturated carbocycles. The third-order valence-corrected chi connectivity index (χ3v) is 5.73. The van der Waals surface area contributed by atoms with Crippen LogP contribution in [-0.4, -0.2) is 42.4 Å². The Kier molecular flexibility index (Phi) is 8.96. The second-order valence-electron chi connectivity index (χ2n) is 7.67. The summed E-state index contributed by atoms with van der Waals surface area (Å²) in [6.07, 6.45) is 11.2. The molecule has 2 aliphatic rings. The van der Waals surface area contributed by atoms with Crippen LogP contribution in [-0.2, 0) is 16.1 Å². The number of methoxy groups -OCH3 is 1. The highest BCUT2D eigenvalue weighted by atomic mass is 32.2. The first-order chi connectivity index (χ1) is 17.2. The fourth-order valence-corrected chi connectivity index (χ4v) is 3.91. The van der Waals surface area contributed by atoms with Crippen LogP contribution in [0.25, 0.3) is 0 Å². The molecule has 0 atom stereocenters. The van der Waals surface area contributed by atoms with Gasteiger partial charge < -0.3 is 10.1 Å². The lowest BCUT2D eigenvalue weighted by atomic mass is 10.1. The Balaban J connectivity index is 2.10. The Morgan fingerprint density at radius 3 is 2.72 bits per heavy atom. The number of halogens is 2. The van der Waals surface area contributed by atoms with E-state index in [-0.39, 0.29) is 23.1 Å². The minimum absolute atomic E-state index is 0.0858. The maximum Gasteiger partial charge on any atom is 0.326 e. The molecule has 1 aromatic rings. The van der Waals surface area contributed by atoms with Gasteiger partial charge in [0, 0.05) is 23.2 Å². The number of ether oxygens (including phenoxy) is 1. The van der Waals surface area contributed by atoms with Crippen molar-refractivity contribution >= 4 is 35.9 Å². The highest BCUT2D eigenvalue weighted by Gasteiger charge is 2.31. The zero-order valence-corrected chi connectivity index (χ0v) is 20.8. The molecule has 1 saturated heterocycles. The van der Waals surface area contributed by atoms with Crippen LogP contribution in [0.1, 0.15) is 18.9 Å². The number of urea groups is 1. The van der Waals surface area contributed by atoms with Crippen molar-refractivity contribution < 1.29 is 23.1 Å². The van der Waals surface area contributed by atoms with Crippen LogP contribution >= 0.6 is 11.8 Å². The van der Waals surface area contributed by atoms with E-state index in [9.17, 15) is 18.4 Å². The van der Waals surface area contributed by atoms with Crippen LogP contribution in [0.3, 0.4) is 0 Å². The minimum atomic E-state index is -1.05. The lowest BCUT2D eigenvalue weighted by Crippen LogP contribution is -2.44. The Morgan fingerprint density at radius 1 is 1.25 bits per heavy atom. The van der Waals surface area contributed by atoms with Crippen molar-refractivity contribution in [2.75, 3.05) is 13.4 Å². The first-order valence-corrected chi connectivity index (χ1v) is 11.9. The predicted molar refractivity (Wildman–Crippen MR) is 136 cm³/mol. The van der Waals surface area contributed by atoms with Crippen LogP contribution in [0.5, 0.6) is 0 Å². The highest BCUT2D eigenvalue weighted by molar-refractivity contribution is 7.98. The molecule has 36 heavy (non-hydrogen) atoms. The number of nitrogens with one attached hydrogen (secondary N) is 2. The number of rotatable bonds is 7. The van der Waals surface area contributed by atoms with Gasteiger partial charge in [0.15, 0.2) is 11.6 Å². The van der Waals surface area contributed by atoms with Gasteiger partial charge in [-0.3, -0.25) is 20.0 Å². The average molecular weight is 514 g/mol. The van der Waals surface area contributed by atoms with E-state index in [1.807, 2.05) is 13.0 Å². The van der Waals surface area contributed by atoms with Gasteiger partial charge in [0.1, 0.15) is 11.5 Å². The minimum Gasteiger partial charge on any atom is -0.497 e. The molecule has 0 bridgehead atoms. The van der Waals surface area contributed by atoms with Gasteiger partial charge in [0.05, 0.1) is 19.9 Å². The smallest absolute Gasteiger partial charge is 0.326 e. The second-order valence-corrected chi connectivity index (χ2v) is 8.52. The normalized spacial score (nSPS) is 18.8. The van der Waals surface area contributed by atoms with Crippen LogP contribution in [0.4, 0.5) is 13.6 Å². The summed E-state index contributed by atoms with van der Waals surface area (Å²) < 4.78 is 33.6. The number of allylic oxidation sites excluding steroid dienone is 5. The SMILES string of the molecule is C=CC=N/C=C1\NC(=O)NC(=NC2=CC=C(OC)C=C(C)C2)N(Cc2cc(F)c(F)c(SC)c2)C1=O. The van der Waals surface area contributed by atoms with Crippen molar-refractivity contribution in [3.8, 4) is 0 Å². The third-order valence-electron chi connectivity index (χ3n) is 4.99. The van der Waals surface area contributed by atoms with E-state index < -0.39 is 23.6 Å². The summed E-state index contributed by atoms with van der Waals surface area (Å²) in [5, 5.41) is 5.01. The fourth-order valence-electron chi connectivity index (χ4n) is 3.36. The zero-order valence-electron chi connectivity index (χ0n) is 20.0. The summed E-state index contributed by atoms with van der Waals surface area (Å²) in [6.45, 7) is 5.21. The molecule has 0 unspecified atom stereocenters. The summed E-state index contributed by atoms with van der Waals surface area (Å²) in [4.78, 5) is 35.8. The molecule has 0 aromatic heterocycles. The monoisotopic (exact) mass is 513 g/mol. The summed E-state index contributed by atoms with van der Waals surface area (Å²) in [7, 11) is 1.55. The Labute approximate surface area is 211 Å². The number of aliphatic imine (C=N–C) groups is 2. The van der Waals surface area contributed by atoms with Crippen molar-refractivity contribution in [3.05, 3.63) is 89.1 Å². The topological polar surface area (TPSA) is 95.4 Å². The molecule has 11 heteroatoms. The highest BCUT2D eigenvalue weighted by Crippen LogP contribution is 2.25. The molecule has 1 aromatic carbocycles. The number of guanidine groups is 1. The van der Waals surface area contributed by atoms with Crippen LogP contribution in [0.2, 0.25) is 0 Å². The number of amides is 3. The standard InChI is InChI=1S/C25H25F2N5O3S/c1-5-8-28-13-20-23(33)32(14-16-11-19(26)22(27)21(12-16)36-4)24(31-25(34)30-20)29-17-6-7-18(35-3)10-15(2)9-17/h5-8,10-13H,1,9,14H2,2-4H3,(H2,29,30,31,34)/b20-13-,28-8?. The van der Waals surface area contributed by atoms with Crippen molar-refractivity contribution in [1.29, 1.82) is 0 Å². The lowest BCUT2D eigenvalue weighted by molar-refractivity contribution is -0.124. The van der Waals surface area contributed by atoms with Gasteiger partial charge in [0.25, 0.3) is 5.91 Å². The number of benzene rings is 1.